The van der Waals surface area contributed by atoms with Crippen LogP contribution in [-0.4, -0.2) is 36.2 Å². The monoisotopic (exact) mass is 491 g/mol. The van der Waals surface area contributed by atoms with E-state index in [2.05, 4.69) is 42.9 Å². The molecule has 4 nitrogen and oxygen atoms in total. The Morgan fingerprint density at radius 2 is 1.42 bits per heavy atom. The fourth-order valence-corrected chi connectivity index (χ4v) is 2.65. The first kappa shape index (κ1) is 29.4. The fourth-order valence-electron chi connectivity index (χ4n) is 2.21. The van der Waals surface area contributed by atoms with Crippen LogP contribution in [0.2, 0.25) is 0 Å². The van der Waals surface area contributed by atoms with Gasteiger partial charge in [0.25, 0.3) is 0 Å². The van der Waals surface area contributed by atoms with Gasteiger partial charge in [-0.25, -0.2) is 13.0 Å². The van der Waals surface area contributed by atoms with Crippen LogP contribution in [-0.2, 0) is 16.7 Å². The van der Waals surface area contributed by atoms with Gasteiger partial charge in [0.15, 0.2) is 22.5 Å². The van der Waals surface area contributed by atoms with Gasteiger partial charge in [0, 0.05) is 18.1 Å². The molecule has 0 saturated carbocycles. The highest BCUT2D eigenvalue weighted by atomic mass is 32.2. The molecule has 14 heteroatoms. The van der Waals surface area contributed by atoms with Gasteiger partial charge in [-0.2, -0.15) is 39.5 Å². The molecule has 1 aromatic rings. The lowest BCUT2D eigenvalue weighted by atomic mass is 10.1. The summed E-state index contributed by atoms with van der Waals surface area (Å²) in [5.41, 5.74) is 1.35. The zero-order valence-corrected chi connectivity index (χ0v) is 17.4. The molecule has 0 aliphatic heterocycles. The molecule has 31 heavy (non-hydrogen) atoms. The van der Waals surface area contributed by atoms with Crippen molar-refractivity contribution in [1.29, 1.82) is 0 Å². The van der Waals surface area contributed by atoms with Gasteiger partial charge >= 0.3 is 23.3 Å². The van der Waals surface area contributed by atoms with Crippen LogP contribution in [0.25, 0.3) is 0 Å². The van der Waals surface area contributed by atoms with Crippen molar-refractivity contribution < 1.29 is 57.1 Å². The normalized spacial score (nSPS) is 13.5. The third-order valence-electron chi connectivity index (χ3n) is 3.96. The summed E-state index contributed by atoms with van der Waals surface area (Å²) in [5.74, 6) is -14.8. The van der Waals surface area contributed by atoms with E-state index in [1.807, 2.05) is 0 Å². The molecule has 1 heterocycles. The number of nitrogens with zero attached hydrogens (tertiary/aromatic N) is 1. The lowest BCUT2D eigenvalue weighted by Crippen LogP contribution is -2.63. The first-order valence-electron chi connectivity index (χ1n) is 8.94. The minimum atomic E-state index is -7.43. The third kappa shape index (κ3) is 7.51. The van der Waals surface area contributed by atoms with E-state index in [0.29, 0.717) is 0 Å². The molecule has 1 rings (SSSR count). The molecule has 0 radical (unpaired) electrons. The summed E-state index contributed by atoms with van der Waals surface area (Å²) in [6.07, 6.45) is 4.01. The zero-order valence-electron chi connectivity index (χ0n) is 16.5. The third-order valence-corrected chi connectivity index (χ3v) is 4.84. The van der Waals surface area contributed by atoms with Crippen LogP contribution in [0.4, 0.5) is 39.5 Å². The Kier molecular flexibility index (Phi) is 10.3. The predicted octanol–water partition coefficient (Wildman–Crippen LogP) is 5.21. The van der Waals surface area contributed by atoms with E-state index >= 15 is 0 Å². The van der Waals surface area contributed by atoms with Gasteiger partial charge in [0.2, 0.25) is 0 Å². The van der Waals surface area contributed by atoms with E-state index in [1.165, 1.54) is 44.2 Å². The molecule has 0 amide bonds. The van der Waals surface area contributed by atoms with Crippen LogP contribution >= 0.6 is 0 Å². The highest BCUT2D eigenvalue weighted by Gasteiger charge is 2.83. The molecule has 0 spiro atoms. The summed E-state index contributed by atoms with van der Waals surface area (Å²) >= 11 is 0. The van der Waals surface area contributed by atoms with E-state index in [-0.39, 0.29) is 0 Å². The predicted molar refractivity (Wildman–Crippen MR) is 90.7 cm³/mol. The number of alkyl halides is 9. The van der Waals surface area contributed by atoms with Crippen molar-refractivity contribution in [3.8, 4) is 0 Å². The van der Waals surface area contributed by atoms with E-state index in [4.69, 9.17) is 0 Å². The minimum Gasteiger partial charge on any atom is -0.743 e. The molecule has 0 atom stereocenters. The van der Waals surface area contributed by atoms with Crippen molar-refractivity contribution in [2.24, 2.45) is 0 Å². The number of halogens is 9. The van der Waals surface area contributed by atoms with Gasteiger partial charge in [0.05, 0.1) is 0 Å². The highest BCUT2D eigenvalue weighted by Crippen LogP contribution is 2.54. The zero-order chi connectivity index (χ0) is 24.7. The van der Waals surface area contributed by atoms with Gasteiger partial charge < -0.3 is 4.55 Å². The average Bonchev–Trinajstić information content (AvgIpc) is 2.60. The van der Waals surface area contributed by atoms with Crippen LogP contribution in [0.1, 0.15) is 44.6 Å². The molecule has 0 unspecified atom stereocenters. The fraction of sp³-hybridized carbons (Fsp3) is 0.706. The summed E-state index contributed by atoms with van der Waals surface area (Å²) in [4.78, 5) is 0. The van der Waals surface area contributed by atoms with E-state index in [9.17, 15) is 52.5 Å². The number of aromatic nitrogens is 1. The van der Waals surface area contributed by atoms with Crippen molar-refractivity contribution in [3.05, 3.63) is 30.1 Å². The summed E-state index contributed by atoms with van der Waals surface area (Å²) < 4.78 is 138. The van der Waals surface area contributed by atoms with Gasteiger partial charge in [-0.3, -0.25) is 0 Å². The number of unbranched alkanes of at least 4 members (excludes halogenated alkanes) is 4. The number of hydrogen-bond acceptors (Lipinski definition) is 3. The molecular formula is C17H22F9NO3S. The van der Waals surface area contributed by atoms with Gasteiger partial charge in [0.1, 0.15) is 6.54 Å². The molecule has 0 aliphatic rings. The first-order valence-corrected chi connectivity index (χ1v) is 10.3. The Bertz CT molecular complexity index is 796. The van der Waals surface area contributed by atoms with E-state index in [0.717, 1.165) is 0 Å². The lowest BCUT2D eigenvalue weighted by Gasteiger charge is -2.34. The lowest BCUT2D eigenvalue weighted by molar-refractivity contribution is -0.697. The van der Waals surface area contributed by atoms with Crippen LogP contribution in [0, 0.1) is 6.92 Å². The van der Waals surface area contributed by atoms with Gasteiger partial charge in [-0.15, -0.1) is 0 Å². The number of pyridine rings is 1. The smallest absolute Gasteiger partial charge is 0.460 e. The molecule has 0 aromatic carbocycles. The second kappa shape index (κ2) is 10.8. The van der Waals surface area contributed by atoms with Crippen molar-refractivity contribution in [2.75, 3.05) is 0 Å². The number of aryl methyl sites for hydroxylation is 2. The molecule has 0 saturated heterocycles. The highest BCUT2D eigenvalue weighted by molar-refractivity contribution is 7.86. The Hall–Kier alpha value is -1.57. The maximum atomic E-state index is 12.2. The standard InChI is InChI=1S/C13H22N.C4HF9O3S/c1-3-4-5-6-7-10-14-11-8-9-13(2)12-14;5-1(6,3(9,10)11)2(7,8)4(12,13)17(14,15)16/h8-9,11-12H,3-7,10H2,1-2H3;(H,14,15,16)/q+1;/p-1. The summed E-state index contributed by atoms with van der Waals surface area (Å²) in [6.45, 7) is 5.58. The van der Waals surface area contributed by atoms with Crippen molar-refractivity contribution >= 4 is 10.1 Å². The molecule has 0 N–H and O–H groups in total. The van der Waals surface area contributed by atoms with E-state index < -0.39 is 33.4 Å². The van der Waals surface area contributed by atoms with E-state index in [1.54, 1.807) is 0 Å². The van der Waals surface area contributed by atoms with Crippen molar-refractivity contribution in [1.82, 2.24) is 0 Å². The average molecular weight is 491 g/mol. The Morgan fingerprint density at radius 3 is 1.84 bits per heavy atom. The summed E-state index contributed by atoms with van der Waals surface area (Å²) in [5, 5.41) is -7.11. The van der Waals surface area contributed by atoms with Gasteiger partial charge in [-0.05, 0) is 19.4 Å². The Balaban J connectivity index is 0.000000590. The maximum Gasteiger partial charge on any atom is 0.460 e. The summed E-state index contributed by atoms with van der Waals surface area (Å²) in [7, 11) is -7.42. The number of rotatable bonds is 9. The van der Waals surface area contributed by atoms with Crippen LogP contribution < -0.4 is 4.57 Å². The van der Waals surface area contributed by atoms with Gasteiger partial charge in [-0.1, -0.05) is 26.2 Å². The molecule has 1 aromatic heterocycles. The Morgan fingerprint density at radius 1 is 0.903 bits per heavy atom. The molecule has 182 valence electrons. The SMILES string of the molecule is CCCCCCC[n+]1cccc(C)c1.O=S(=O)([O-])C(F)(F)C(F)(F)C(F)(F)C(F)(F)F. The van der Waals surface area contributed by atoms with Crippen LogP contribution in [0.5, 0.6) is 0 Å². The molecular weight excluding hydrogens is 469 g/mol. The Labute approximate surface area is 173 Å². The maximum absolute atomic E-state index is 12.2. The largest absolute Gasteiger partial charge is 0.743 e. The molecule has 0 fully saturated rings. The second-order valence-corrected chi connectivity index (χ2v) is 8.07. The molecule has 0 aliphatic carbocycles. The second-order valence-electron chi connectivity index (χ2n) is 6.65. The number of hydrogen-bond donors (Lipinski definition) is 0. The topological polar surface area (TPSA) is 61.1 Å². The van der Waals surface area contributed by atoms with Crippen molar-refractivity contribution in [3.63, 3.8) is 0 Å². The minimum absolute atomic E-state index is 1.17. The quantitative estimate of drug-likeness (QED) is 0.206. The van der Waals surface area contributed by atoms with Crippen molar-refractivity contribution in [2.45, 2.75) is 75.8 Å². The van der Waals surface area contributed by atoms with Crippen LogP contribution in [0.3, 0.4) is 0 Å². The first-order chi connectivity index (χ1) is 13.8. The molecule has 0 bridgehead atoms. The van der Waals surface area contributed by atoms with Crippen LogP contribution in [0.15, 0.2) is 24.5 Å². The summed E-state index contributed by atoms with van der Waals surface area (Å²) in [6, 6.07) is 4.27.